The van der Waals surface area contributed by atoms with Crippen LogP contribution in [0.5, 0.6) is 0 Å². The van der Waals surface area contributed by atoms with Gasteiger partial charge in [-0.3, -0.25) is 4.90 Å². The quantitative estimate of drug-likeness (QED) is 0.778. The first-order valence-corrected chi connectivity index (χ1v) is 10.4. The van der Waals surface area contributed by atoms with Crippen LogP contribution >= 0.6 is 0 Å². The Kier molecular flexibility index (Phi) is 5.74. The highest BCUT2D eigenvalue weighted by Crippen LogP contribution is 2.48. The Morgan fingerprint density at radius 2 is 1.82 bits per heavy atom. The Hall–Kier alpha value is -1.66. The van der Waals surface area contributed by atoms with Gasteiger partial charge in [0, 0.05) is 11.1 Å². The van der Waals surface area contributed by atoms with Gasteiger partial charge < -0.3 is 15.7 Å². The molecule has 0 aromatic heterocycles. The van der Waals surface area contributed by atoms with E-state index < -0.39 is 11.6 Å². The lowest BCUT2D eigenvalue weighted by Crippen LogP contribution is -2.63. The van der Waals surface area contributed by atoms with Crippen molar-refractivity contribution in [2.75, 3.05) is 20.6 Å². The number of carbonyl (C=O) groups is 1. The average Bonchev–Trinajstić information content (AvgIpc) is 2.64. The number of rotatable bonds is 6. The molecule has 2 aliphatic rings. The third-order valence-corrected chi connectivity index (χ3v) is 7.46. The first-order valence-electron chi connectivity index (χ1n) is 10.4. The summed E-state index contributed by atoms with van der Waals surface area (Å²) in [6.07, 6.45) is 6.39. The van der Waals surface area contributed by atoms with Gasteiger partial charge in [-0.1, -0.05) is 19.1 Å². The number of benzene rings is 1. The second-order valence-electron chi connectivity index (χ2n) is 9.02. The molecule has 0 spiro atoms. The minimum atomic E-state index is -0.796. The van der Waals surface area contributed by atoms with E-state index in [1.807, 2.05) is 20.2 Å². The van der Waals surface area contributed by atoms with E-state index in [2.05, 4.69) is 11.8 Å². The van der Waals surface area contributed by atoms with Crippen LogP contribution in [0.1, 0.15) is 63.9 Å². The van der Waals surface area contributed by atoms with E-state index in [0.29, 0.717) is 6.54 Å². The van der Waals surface area contributed by atoms with Crippen LogP contribution in [0.15, 0.2) is 24.3 Å². The van der Waals surface area contributed by atoms with Crippen LogP contribution in [0, 0.1) is 5.82 Å². The van der Waals surface area contributed by atoms with Crippen molar-refractivity contribution in [3.63, 3.8) is 0 Å². The number of hydrogen-bond donors (Lipinski definition) is 2. The molecular weight excluding hydrogens is 357 g/mol. The molecule has 3 rings (SSSR count). The van der Waals surface area contributed by atoms with Gasteiger partial charge in [-0.05, 0) is 83.2 Å². The Morgan fingerprint density at radius 3 is 2.25 bits per heavy atom. The maximum atomic E-state index is 13.9. The molecular formula is C22H34FN3O2. The standard InChI is InChI=1S/C22H34FN3O2/c1-4-20(26(19(24)27)16-21(28)9-6-10-21)11-13-22(14-12-20,25(2)3)17-7-5-8-18(23)15-17/h5,7-8,15,28H,4,6,9-14,16H2,1-3H3,(H2,24,27). The number of primary amides is 1. The first-order chi connectivity index (χ1) is 13.2. The number of nitrogens with zero attached hydrogens (tertiary/aromatic N) is 2. The first kappa shape index (κ1) is 21.1. The Labute approximate surface area is 167 Å². The Balaban J connectivity index is 1.87. The molecule has 156 valence electrons. The van der Waals surface area contributed by atoms with E-state index in [9.17, 15) is 14.3 Å². The predicted molar refractivity (Wildman–Crippen MR) is 108 cm³/mol. The molecule has 3 N–H and O–H groups in total. The van der Waals surface area contributed by atoms with Gasteiger partial charge in [0.2, 0.25) is 0 Å². The summed E-state index contributed by atoms with van der Waals surface area (Å²) in [7, 11) is 4.07. The van der Waals surface area contributed by atoms with Gasteiger partial charge in [-0.15, -0.1) is 0 Å². The number of aliphatic hydroxyl groups is 1. The second kappa shape index (κ2) is 7.64. The fourth-order valence-electron chi connectivity index (χ4n) is 5.23. The smallest absolute Gasteiger partial charge is 0.315 e. The van der Waals surface area contributed by atoms with Crippen molar-refractivity contribution in [2.45, 2.75) is 75.0 Å². The maximum Gasteiger partial charge on any atom is 0.315 e. The normalized spacial score (nSPS) is 29.4. The number of carbonyl (C=O) groups excluding carboxylic acids is 1. The number of hydrogen-bond acceptors (Lipinski definition) is 3. The monoisotopic (exact) mass is 391 g/mol. The fourth-order valence-corrected chi connectivity index (χ4v) is 5.23. The zero-order chi connectivity index (χ0) is 20.6. The van der Waals surface area contributed by atoms with Gasteiger partial charge in [0.25, 0.3) is 0 Å². The largest absolute Gasteiger partial charge is 0.388 e. The Bertz CT molecular complexity index is 709. The Morgan fingerprint density at radius 1 is 1.18 bits per heavy atom. The highest BCUT2D eigenvalue weighted by atomic mass is 19.1. The summed E-state index contributed by atoms with van der Waals surface area (Å²) < 4.78 is 13.9. The van der Waals surface area contributed by atoms with Crippen molar-refractivity contribution in [1.29, 1.82) is 0 Å². The van der Waals surface area contributed by atoms with Gasteiger partial charge in [-0.2, -0.15) is 0 Å². The van der Waals surface area contributed by atoms with Crippen molar-refractivity contribution in [3.8, 4) is 0 Å². The van der Waals surface area contributed by atoms with E-state index >= 15 is 0 Å². The second-order valence-corrected chi connectivity index (χ2v) is 9.02. The highest BCUT2D eigenvalue weighted by Gasteiger charge is 2.50. The van der Waals surface area contributed by atoms with Crippen molar-refractivity contribution in [3.05, 3.63) is 35.6 Å². The zero-order valence-corrected chi connectivity index (χ0v) is 17.4. The van der Waals surface area contributed by atoms with Gasteiger partial charge in [0.1, 0.15) is 5.82 Å². The van der Waals surface area contributed by atoms with E-state index in [1.54, 1.807) is 17.0 Å². The summed E-state index contributed by atoms with van der Waals surface area (Å²) in [5.74, 6) is -0.225. The molecule has 0 radical (unpaired) electrons. The number of nitrogens with two attached hydrogens (primary N) is 1. The summed E-state index contributed by atoms with van der Waals surface area (Å²) in [5, 5.41) is 10.7. The number of urea groups is 1. The molecule has 2 amide bonds. The molecule has 0 aliphatic heterocycles. The van der Waals surface area contributed by atoms with E-state index in [1.165, 1.54) is 6.07 Å². The molecule has 0 bridgehead atoms. The van der Waals surface area contributed by atoms with Crippen molar-refractivity contribution in [2.24, 2.45) is 5.73 Å². The lowest BCUT2D eigenvalue weighted by molar-refractivity contribution is -0.0814. The summed E-state index contributed by atoms with van der Waals surface area (Å²) in [6, 6.07) is 6.40. The maximum absolute atomic E-state index is 13.9. The van der Waals surface area contributed by atoms with Crippen molar-refractivity contribution in [1.82, 2.24) is 9.80 Å². The lowest BCUT2D eigenvalue weighted by Gasteiger charge is -2.55. The molecule has 1 aromatic rings. The molecule has 5 nitrogen and oxygen atoms in total. The van der Waals surface area contributed by atoms with E-state index in [4.69, 9.17) is 5.73 Å². The molecule has 1 aromatic carbocycles. The average molecular weight is 392 g/mol. The molecule has 0 saturated heterocycles. The predicted octanol–water partition coefficient (Wildman–Crippen LogP) is 3.60. The minimum absolute atomic E-state index is 0.225. The van der Waals surface area contributed by atoms with Crippen LogP contribution in [0.4, 0.5) is 9.18 Å². The minimum Gasteiger partial charge on any atom is -0.388 e. The zero-order valence-electron chi connectivity index (χ0n) is 17.4. The van der Waals surface area contributed by atoms with Crippen LogP contribution in [0.3, 0.4) is 0 Å². The molecule has 0 heterocycles. The van der Waals surface area contributed by atoms with Gasteiger partial charge in [-0.25, -0.2) is 9.18 Å². The summed E-state index contributed by atoms with van der Waals surface area (Å²) in [6.45, 7) is 2.40. The summed E-state index contributed by atoms with van der Waals surface area (Å²) >= 11 is 0. The van der Waals surface area contributed by atoms with E-state index in [0.717, 1.165) is 56.9 Å². The van der Waals surface area contributed by atoms with Crippen LogP contribution < -0.4 is 5.73 Å². The number of halogens is 1. The third-order valence-electron chi connectivity index (χ3n) is 7.46. The third kappa shape index (κ3) is 3.64. The molecule has 0 atom stereocenters. The molecule has 2 fully saturated rings. The summed E-state index contributed by atoms with van der Waals surface area (Å²) in [5.41, 5.74) is 5.35. The van der Waals surface area contributed by atoms with Crippen molar-refractivity contribution < 1.29 is 14.3 Å². The highest BCUT2D eigenvalue weighted by molar-refractivity contribution is 5.73. The topological polar surface area (TPSA) is 69.8 Å². The van der Waals surface area contributed by atoms with Crippen LogP contribution in [0.2, 0.25) is 0 Å². The molecule has 28 heavy (non-hydrogen) atoms. The molecule has 6 heteroatoms. The fraction of sp³-hybridized carbons (Fsp3) is 0.682. The molecule has 2 saturated carbocycles. The number of β-amino-alcohol motifs (C(OH)–C–C–N with tert-alkyl or cyclic N) is 1. The van der Waals surface area contributed by atoms with Gasteiger partial charge >= 0.3 is 6.03 Å². The van der Waals surface area contributed by atoms with Crippen LogP contribution in [-0.2, 0) is 5.54 Å². The lowest BCUT2D eigenvalue weighted by atomic mass is 9.66. The van der Waals surface area contributed by atoms with Gasteiger partial charge in [0.05, 0.1) is 12.1 Å². The summed E-state index contributed by atoms with van der Waals surface area (Å²) in [4.78, 5) is 16.3. The number of amides is 2. The van der Waals surface area contributed by atoms with Gasteiger partial charge in [0.15, 0.2) is 0 Å². The van der Waals surface area contributed by atoms with E-state index in [-0.39, 0.29) is 16.9 Å². The molecule has 2 aliphatic carbocycles. The van der Waals surface area contributed by atoms with Crippen LogP contribution in [0.25, 0.3) is 0 Å². The van der Waals surface area contributed by atoms with Crippen molar-refractivity contribution >= 4 is 6.03 Å². The molecule has 0 unspecified atom stereocenters. The SMILES string of the molecule is CCC1(N(CC2(O)CCC2)C(N)=O)CCC(c2cccc(F)c2)(N(C)C)CC1. The van der Waals surface area contributed by atoms with Crippen LogP contribution in [-0.4, -0.2) is 52.7 Å².